The van der Waals surface area contributed by atoms with E-state index in [1.807, 2.05) is 0 Å². The van der Waals surface area contributed by atoms with Crippen molar-refractivity contribution in [3.8, 4) is 0 Å². The van der Waals surface area contributed by atoms with Gasteiger partial charge in [-0.25, -0.2) is 0 Å². The van der Waals surface area contributed by atoms with Gasteiger partial charge in [0.25, 0.3) is 0 Å². The highest BCUT2D eigenvalue weighted by atomic mass is 32.1. The van der Waals surface area contributed by atoms with Gasteiger partial charge in [-0.3, -0.25) is 10.4 Å². The minimum absolute atomic E-state index is 0.533. The average Bonchev–Trinajstić information content (AvgIpc) is 2.02. The number of hydrogen-bond donors (Lipinski definition) is 3. The van der Waals surface area contributed by atoms with E-state index >= 15 is 0 Å². The molecule has 64 valence electrons. The number of nitrogens with one attached hydrogen (secondary N) is 3. The maximum absolute atomic E-state index is 4.91. The van der Waals surface area contributed by atoms with Crippen LogP contribution in [0.5, 0.6) is 0 Å². The molecule has 0 radical (unpaired) electrons. The van der Waals surface area contributed by atoms with Gasteiger partial charge in [0, 0.05) is 21.1 Å². The van der Waals surface area contributed by atoms with Gasteiger partial charge in [-0.1, -0.05) is 0 Å². The largest absolute Gasteiger partial charge is 0.364 e. The van der Waals surface area contributed by atoms with Crippen molar-refractivity contribution >= 4 is 34.7 Å². The van der Waals surface area contributed by atoms with Crippen LogP contribution in [0.1, 0.15) is 0 Å². The van der Waals surface area contributed by atoms with Crippen LogP contribution in [0, 0.1) is 0 Å². The first-order valence-electron chi connectivity index (χ1n) is 3.05. The van der Waals surface area contributed by atoms with Crippen LogP contribution in [0.15, 0.2) is 0 Å². The normalized spacial score (nSPS) is 8.27. The molecule has 0 bridgehead atoms. The molecule has 0 saturated heterocycles. The molecule has 0 aliphatic heterocycles. The van der Waals surface area contributed by atoms with Gasteiger partial charge in [0.1, 0.15) is 0 Å². The fourth-order valence-electron chi connectivity index (χ4n) is 0.427. The lowest BCUT2D eigenvalue weighted by Gasteiger charge is -2.21. The predicted octanol–water partition coefficient (Wildman–Crippen LogP) is -0.569. The summed E-state index contributed by atoms with van der Waals surface area (Å²) in [5.74, 6) is 0. The maximum atomic E-state index is 4.91. The van der Waals surface area contributed by atoms with Crippen LogP contribution in [0.4, 0.5) is 0 Å². The fraction of sp³-hybridized carbons (Fsp3) is 0.600. The van der Waals surface area contributed by atoms with E-state index in [4.69, 9.17) is 24.4 Å². The Morgan fingerprint density at radius 1 is 1.18 bits per heavy atom. The molecule has 0 atom stereocenters. The molecule has 0 aliphatic carbocycles. The van der Waals surface area contributed by atoms with E-state index < -0.39 is 0 Å². The molecule has 0 aromatic rings. The number of hydrazine groups is 1. The van der Waals surface area contributed by atoms with Crippen LogP contribution in [0.25, 0.3) is 0 Å². The van der Waals surface area contributed by atoms with E-state index in [0.29, 0.717) is 10.2 Å². The van der Waals surface area contributed by atoms with Crippen LogP contribution in [-0.2, 0) is 0 Å². The highest BCUT2D eigenvalue weighted by Crippen LogP contribution is 1.77. The highest BCUT2D eigenvalue weighted by Gasteiger charge is 2.00. The number of nitrogens with zero attached hydrogens (tertiary/aromatic N) is 1. The van der Waals surface area contributed by atoms with E-state index in [2.05, 4.69) is 16.1 Å². The molecule has 0 rings (SSSR count). The van der Waals surface area contributed by atoms with E-state index in [1.54, 1.807) is 26.2 Å². The molecule has 4 nitrogen and oxygen atoms in total. The van der Waals surface area contributed by atoms with E-state index in [9.17, 15) is 0 Å². The average molecular weight is 192 g/mol. The number of rotatable bonds is 0. The minimum Gasteiger partial charge on any atom is -0.364 e. The van der Waals surface area contributed by atoms with Crippen molar-refractivity contribution in [2.75, 3.05) is 21.1 Å². The Kier molecular flexibility index (Phi) is 4.80. The fourth-order valence-corrected chi connectivity index (χ4v) is 0.609. The Morgan fingerprint density at radius 3 is 2.09 bits per heavy atom. The van der Waals surface area contributed by atoms with Gasteiger partial charge in [-0.15, -0.1) is 0 Å². The van der Waals surface area contributed by atoms with E-state index in [-0.39, 0.29) is 0 Å². The molecule has 0 saturated carbocycles. The van der Waals surface area contributed by atoms with Crippen LogP contribution >= 0.6 is 24.4 Å². The first kappa shape index (κ1) is 10.4. The SMILES string of the molecule is CNC(=S)NN(C)C(=S)NC. The van der Waals surface area contributed by atoms with Crippen molar-refractivity contribution < 1.29 is 0 Å². The summed E-state index contributed by atoms with van der Waals surface area (Å²) in [5.41, 5.74) is 2.83. The third-order valence-electron chi connectivity index (χ3n) is 1.01. The molecule has 0 fully saturated rings. The highest BCUT2D eigenvalue weighted by molar-refractivity contribution is 7.80. The molecule has 0 amide bonds. The summed E-state index contributed by atoms with van der Waals surface area (Å²) >= 11 is 9.76. The van der Waals surface area contributed by atoms with Crippen molar-refractivity contribution in [1.29, 1.82) is 0 Å². The van der Waals surface area contributed by atoms with Gasteiger partial charge in [0.15, 0.2) is 10.2 Å². The first-order valence-corrected chi connectivity index (χ1v) is 3.87. The zero-order valence-corrected chi connectivity index (χ0v) is 8.40. The quantitative estimate of drug-likeness (QED) is 0.353. The van der Waals surface area contributed by atoms with Gasteiger partial charge >= 0.3 is 0 Å². The first-order chi connectivity index (χ1) is 5.11. The Morgan fingerprint density at radius 2 is 1.73 bits per heavy atom. The van der Waals surface area contributed by atoms with Crippen molar-refractivity contribution in [3.05, 3.63) is 0 Å². The Bertz CT molecular complexity index is 159. The Labute approximate surface area is 77.3 Å². The van der Waals surface area contributed by atoms with Gasteiger partial charge in [-0.2, -0.15) is 0 Å². The number of hydrogen-bond acceptors (Lipinski definition) is 2. The topological polar surface area (TPSA) is 39.3 Å². The molecule has 0 unspecified atom stereocenters. The minimum atomic E-state index is 0.533. The summed E-state index contributed by atoms with van der Waals surface area (Å²) in [7, 11) is 5.27. The second kappa shape index (κ2) is 5.09. The summed E-state index contributed by atoms with van der Waals surface area (Å²) in [6.07, 6.45) is 0. The Hall–Kier alpha value is -0.620. The van der Waals surface area contributed by atoms with Crippen molar-refractivity contribution in [2.45, 2.75) is 0 Å². The molecule has 11 heavy (non-hydrogen) atoms. The zero-order chi connectivity index (χ0) is 8.85. The van der Waals surface area contributed by atoms with Crippen LogP contribution < -0.4 is 16.1 Å². The molecular formula is C5H12N4S2. The third-order valence-corrected chi connectivity index (χ3v) is 1.79. The summed E-state index contributed by atoms with van der Waals surface area (Å²) in [4.78, 5) is 0. The molecular weight excluding hydrogens is 180 g/mol. The predicted molar refractivity (Wildman–Crippen MR) is 54.2 cm³/mol. The molecule has 0 spiro atoms. The summed E-state index contributed by atoms with van der Waals surface area (Å²) in [5, 5.41) is 8.31. The van der Waals surface area contributed by atoms with Crippen molar-refractivity contribution in [1.82, 2.24) is 21.1 Å². The summed E-state index contributed by atoms with van der Waals surface area (Å²) in [6, 6.07) is 0. The maximum Gasteiger partial charge on any atom is 0.187 e. The van der Waals surface area contributed by atoms with Gasteiger partial charge in [0.05, 0.1) is 0 Å². The lowest BCUT2D eigenvalue weighted by atomic mass is 10.9. The second-order valence-corrected chi connectivity index (χ2v) is 2.60. The monoisotopic (exact) mass is 192 g/mol. The van der Waals surface area contributed by atoms with Crippen LogP contribution in [-0.4, -0.2) is 36.4 Å². The molecule has 0 heterocycles. The lowest BCUT2D eigenvalue weighted by molar-refractivity contribution is 0.449. The second-order valence-electron chi connectivity index (χ2n) is 1.81. The third kappa shape index (κ3) is 3.94. The van der Waals surface area contributed by atoms with Gasteiger partial charge in [-0.05, 0) is 24.4 Å². The zero-order valence-electron chi connectivity index (χ0n) is 6.76. The van der Waals surface area contributed by atoms with E-state index in [1.165, 1.54) is 0 Å². The number of thiocarbonyl (C=S) groups is 2. The van der Waals surface area contributed by atoms with Crippen molar-refractivity contribution in [2.24, 2.45) is 0 Å². The smallest absolute Gasteiger partial charge is 0.187 e. The van der Waals surface area contributed by atoms with Gasteiger partial charge < -0.3 is 10.6 Å². The Balaban J connectivity index is 3.77. The standard InChI is InChI=1S/C5H12N4S2/c1-6-4(10)8-9(3)5(11)7-2/h1-3H3,(H,7,11)(H2,6,8,10). The lowest BCUT2D eigenvalue weighted by Crippen LogP contribution is -2.49. The summed E-state index contributed by atoms with van der Waals surface area (Å²) in [6.45, 7) is 0. The summed E-state index contributed by atoms with van der Waals surface area (Å²) < 4.78 is 0. The molecule has 0 aromatic heterocycles. The van der Waals surface area contributed by atoms with E-state index in [0.717, 1.165) is 0 Å². The van der Waals surface area contributed by atoms with Crippen molar-refractivity contribution in [3.63, 3.8) is 0 Å². The van der Waals surface area contributed by atoms with Gasteiger partial charge in [0.2, 0.25) is 0 Å². The molecule has 0 aliphatic rings. The molecule has 3 N–H and O–H groups in total. The van der Waals surface area contributed by atoms with Crippen LogP contribution in [0.2, 0.25) is 0 Å². The van der Waals surface area contributed by atoms with Crippen LogP contribution in [0.3, 0.4) is 0 Å². The molecule has 0 aromatic carbocycles. The molecule has 6 heteroatoms.